The van der Waals surface area contributed by atoms with Gasteiger partial charge in [0.25, 0.3) is 0 Å². The molecule has 1 unspecified atom stereocenters. The van der Waals surface area contributed by atoms with Gasteiger partial charge < -0.3 is 4.74 Å². The third-order valence-electron chi connectivity index (χ3n) is 3.73. The van der Waals surface area contributed by atoms with Gasteiger partial charge >= 0.3 is 0 Å². The average molecular weight is 362 g/mol. The molecule has 1 aromatic heterocycles. The molecular weight excluding hydrogens is 339 g/mol. The Labute approximate surface area is 123 Å². The lowest BCUT2D eigenvalue weighted by atomic mass is 9.98. The van der Waals surface area contributed by atoms with Gasteiger partial charge in [-0.2, -0.15) is 5.10 Å². The van der Waals surface area contributed by atoms with Crippen LogP contribution in [0.1, 0.15) is 45.4 Å². The van der Waals surface area contributed by atoms with Gasteiger partial charge in [0, 0.05) is 23.7 Å². The predicted molar refractivity (Wildman–Crippen MR) is 81.8 cm³/mol. The Kier molecular flexibility index (Phi) is 4.36. The molecule has 1 aliphatic heterocycles. The SMILES string of the molecule is CCc1c(I)nn(CC2COC(C)(C)C2)c1CC. The van der Waals surface area contributed by atoms with Gasteiger partial charge in [-0.25, -0.2) is 0 Å². The predicted octanol–water partition coefficient (Wildman–Crippen LogP) is 3.43. The van der Waals surface area contributed by atoms with Crippen molar-refractivity contribution in [3.63, 3.8) is 0 Å². The average Bonchev–Trinajstić information content (AvgIpc) is 2.78. The van der Waals surface area contributed by atoms with E-state index >= 15 is 0 Å². The van der Waals surface area contributed by atoms with Crippen LogP contribution in [0.3, 0.4) is 0 Å². The highest BCUT2D eigenvalue weighted by Crippen LogP contribution is 2.31. The topological polar surface area (TPSA) is 27.1 Å². The van der Waals surface area contributed by atoms with Gasteiger partial charge in [-0.1, -0.05) is 13.8 Å². The van der Waals surface area contributed by atoms with Crippen molar-refractivity contribution in [3.8, 4) is 0 Å². The fourth-order valence-corrected chi connectivity index (χ4v) is 3.87. The maximum absolute atomic E-state index is 5.82. The lowest BCUT2D eigenvalue weighted by molar-refractivity contribution is 0.0346. The summed E-state index contributed by atoms with van der Waals surface area (Å²) in [6.07, 6.45) is 3.28. The molecule has 2 heterocycles. The third-order valence-corrected chi connectivity index (χ3v) is 4.59. The molecule has 0 aliphatic carbocycles. The quantitative estimate of drug-likeness (QED) is 0.768. The van der Waals surface area contributed by atoms with E-state index in [1.54, 1.807) is 0 Å². The number of aromatic nitrogens is 2. The zero-order chi connectivity index (χ0) is 13.3. The molecule has 1 aliphatic rings. The lowest BCUT2D eigenvalue weighted by Crippen LogP contribution is -2.18. The molecule has 1 fully saturated rings. The van der Waals surface area contributed by atoms with Crippen LogP contribution < -0.4 is 0 Å². The van der Waals surface area contributed by atoms with Crippen LogP contribution in [0, 0.1) is 9.62 Å². The van der Waals surface area contributed by atoms with Gasteiger partial charge in [0.15, 0.2) is 0 Å². The Balaban J connectivity index is 2.15. The fraction of sp³-hybridized carbons (Fsp3) is 0.786. The van der Waals surface area contributed by atoms with Gasteiger partial charge in [0.1, 0.15) is 3.70 Å². The Bertz CT molecular complexity index is 426. The fourth-order valence-electron chi connectivity index (χ4n) is 2.92. The summed E-state index contributed by atoms with van der Waals surface area (Å²) in [6.45, 7) is 10.7. The first-order valence-electron chi connectivity index (χ1n) is 6.84. The summed E-state index contributed by atoms with van der Waals surface area (Å²) in [6, 6.07) is 0. The second kappa shape index (κ2) is 5.49. The first-order chi connectivity index (χ1) is 8.46. The number of hydrogen-bond acceptors (Lipinski definition) is 2. The van der Waals surface area contributed by atoms with E-state index in [0.717, 1.165) is 32.4 Å². The van der Waals surface area contributed by atoms with Crippen LogP contribution in [0.2, 0.25) is 0 Å². The smallest absolute Gasteiger partial charge is 0.126 e. The van der Waals surface area contributed by atoms with Gasteiger partial charge in [-0.05, 0) is 55.7 Å². The van der Waals surface area contributed by atoms with Crippen molar-refractivity contribution in [1.29, 1.82) is 0 Å². The minimum absolute atomic E-state index is 0.0466. The normalized spacial score (nSPS) is 22.6. The van der Waals surface area contributed by atoms with Crippen molar-refractivity contribution in [2.45, 2.75) is 59.1 Å². The van der Waals surface area contributed by atoms with Crippen LogP contribution in [0.4, 0.5) is 0 Å². The van der Waals surface area contributed by atoms with Gasteiger partial charge in [-0.3, -0.25) is 4.68 Å². The molecule has 1 saturated heterocycles. The molecule has 0 radical (unpaired) electrons. The molecule has 0 amide bonds. The van der Waals surface area contributed by atoms with E-state index in [0.29, 0.717) is 5.92 Å². The molecule has 0 N–H and O–H groups in total. The molecule has 4 heteroatoms. The summed E-state index contributed by atoms with van der Waals surface area (Å²) in [5.74, 6) is 0.603. The monoisotopic (exact) mass is 362 g/mol. The highest BCUT2D eigenvalue weighted by molar-refractivity contribution is 14.1. The van der Waals surface area contributed by atoms with E-state index in [-0.39, 0.29) is 5.60 Å². The number of nitrogens with zero attached hydrogens (tertiary/aromatic N) is 2. The molecule has 1 aromatic rings. The molecule has 2 rings (SSSR count). The van der Waals surface area contributed by atoms with E-state index in [2.05, 4.69) is 55.0 Å². The molecule has 0 aromatic carbocycles. The summed E-state index contributed by atoms with van der Waals surface area (Å²) in [5, 5.41) is 4.71. The lowest BCUT2D eigenvalue weighted by Gasteiger charge is -2.16. The molecule has 18 heavy (non-hydrogen) atoms. The Hall–Kier alpha value is -0.100. The second-order valence-corrected chi connectivity index (χ2v) is 6.77. The highest BCUT2D eigenvalue weighted by Gasteiger charge is 2.32. The maximum atomic E-state index is 5.82. The van der Waals surface area contributed by atoms with Crippen LogP contribution in [0.15, 0.2) is 0 Å². The van der Waals surface area contributed by atoms with Crippen molar-refractivity contribution in [3.05, 3.63) is 15.0 Å². The first-order valence-corrected chi connectivity index (χ1v) is 7.92. The molecule has 1 atom stereocenters. The van der Waals surface area contributed by atoms with E-state index in [1.807, 2.05) is 0 Å². The summed E-state index contributed by atoms with van der Waals surface area (Å²) in [7, 11) is 0. The minimum Gasteiger partial charge on any atom is -0.375 e. The number of ether oxygens (including phenoxy) is 1. The third kappa shape index (κ3) is 2.90. The minimum atomic E-state index is 0.0466. The van der Waals surface area contributed by atoms with Crippen molar-refractivity contribution in [1.82, 2.24) is 9.78 Å². The van der Waals surface area contributed by atoms with Gasteiger partial charge in [-0.15, -0.1) is 0 Å². The van der Waals surface area contributed by atoms with Gasteiger partial charge in [0.2, 0.25) is 0 Å². The number of hydrogen-bond donors (Lipinski definition) is 0. The van der Waals surface area contributed by atoms with Crippen LogP contribution in [0.5, 0.6) is 0 Å². The molecular formula is C14H23IN2O. The Morgan fingerprint density at radius 3 is 2.61 bits per heavy atom. The summed E-state index contributed by atoms with van der Waals surface area (Å²) < 4.78 is 9.21. The first kappa shape index (κ1) is 14.3. The second-order valence-electron chi connectivity index (χ2n) is 5.75. The van der Waals surface area contributed by atoms with E-state index in [1.165, 1.54) is 15.0 Å². The van der Waals surface area contributed by atoms with Crippen LogP contribution in [-0.4, -0.2) is 22.0 Å². The number of rotatable bonds is 4. The molecule has 0 bridgehead atoms. The number of halogens is 1. The van der Waals surface area contributed by atoms with Crippen LogP contribution in [0.25, 0.3) is 0 Å². The summed E-state index contributed by atoms with van der Waals surface area (Å²) in [4.78, 5) is 0. The van der Waals surface area contributed by atoms with Crippen molar-refractivity contribution < 1.29 is 4.74 Å². The zero-order valence-corrected chi connectivity index (χ0v) is 14.0. The van der Waals surface area contributed by atoms with E-state index in [4.69, 9.17) is 9.84 Å². The maximum Gasteiger partial charge on any atom is 0.126 e. The molecule has 0 saturated carbocycles. The Morgan fingerprint density at radius 1 is 1.39 bits per heavy atom. The highest BCUT2D eigenvalue weighted by atomic mass is 127. The summed E-state index contributed by atoms with van der Waals surface area (Å²) in [5.41, 5.74) is 2.88. The van der Waals surface area contributed by atoms with Gasteiger partial charge in [0.05, 0.1) is 12.2 Å². The molecule has 3 nitrogen and oxygen atoms in total. The van der Waals surface area contributed by atoms with Crippen LogP contribution in [-0.2, 0) is 24.1 Å². The summed E-state index contributed by atoms with van der Waals surface area (Å²) >= 11 is 2.36. The van der Waals surface area contributed by atoms with Crippen molar-refractivity contribution in [2.75, 3.05) is 6.61 Å². The standard InChI is InChI=1S/C14H23IN2O/c1-5-11-12(6-2)17(16-13(11)15)8-10-7-14(3,4)18-9-10/h10H,5-9H2,1-4H3. The molecule has 0 spiro atoms. The zero-order valence-electron chi connectivity index (χ0n) is 11.8. The van der Waals surface area contributed by atoms with Crippen LogP contribution >= 0.6 is 22.6 Å². The Morgan fingerprint density at radius 2 is 2.11 bits per heavy atom. The van der Waals surface area contributed by atoms with E-state index < -0.39 is 0 Å². The molecule has 102 valence electrons. The largest absolute Gasteiger partial charge is 0.375 e. The van der Waals surface area contributed by atoms with E-state index in [9.17, 15) is 0 Å². The van der Waals surface area contributed by atoms with Crippen molar-refractivity contribution >= 4 is 22.6 Å². The van der Waals surface area contributed by atoms with Crippen molar-refractivity contribution in [2.24, 2.45) is 5.92 Å².